The van der Waals surface area contributed by atoms with Crippen LogP contribution in [-0.4, -0.2) is 27.0 Å². The third-order valence-corrected chi connectivity index (χ3v) is 10.5. The molecule has 2 N–H and O–H groups in total. The van der Waals surface area contributed by atoms with Gasteiger partial charge in [0.1, 0.15) is 5.75 Å². The molecule has 2 aliphatic heterocycles. The van der Waals surface area contributed by atoms with Gasteiger partial charge in [-0.1, -0.05) is 133 Å². The van der Waals surface area contributed by atoms with E-state index in [-0.39, 0.29) is 0 Å². The summed E-state index contributed by atoms with van der Waals surface area (Å²) in [4.78, 5) is 18.6. The van der Waals surface area contributed by atoms with Crippen LogP contribution in [0.1, 0.15) is 33.9 Å². The first kappa shape index (κ1) is 34.5. The summed E-state index contributed by atoms with van der Waals surface area (Å²) in [6.45, 7) is 0. The Labute approximate surface area is 336 Å². The van der Waals surface area contributed by atoms with Gasteiger partial charge in [0, 0.05) is 44.4 Å². The number of fused-ring (bicyclic) bond motifs is 8. The molecule has 58 heavy (non-hydrogen) atoms. The molecule has 0 unspecified atom stereocenters. The molecule has 0 spiro atoms. The molecule has 0 fully saturated rings. The summed E-state index contributed by atoms with van der Waals surface area (Å²) in [5.41, 5.74) is 17.0. The third kappa shape index (κ3) is 6.49. The Hall–Kier alpha value is -7.94. The number of nitrogens with one attached hydrogen (secondary N) is 2. The number of aromatic amines is 2. The van der Waals surface area contributed by atoms with Crippen LogP contribution in [0.2, 0.25) is 0 Å². The van der Waals surface area contributed by atoms with Crippen molar-refractivity contribution in [2.75, 3.05) is 7.11 Å². The fraction of sp³-hybridized carbons (Fsp3) is 0.0189. The van der Waals surface area contributed by atoms with E-state index >= 15 is 0 Å². The molecule has 0 saturated carbocycles. The van der Waals surface area contributed by atoms with Crippen molar-refractivity contribution in [1.82, 2.24) is 19.9 Å². The number of rotatable bonds is 5. The van der Waals surface area contributed by atoms with Crippen LogP contribution in [0.5, 0.6) is 5.75 Å². The van der Waals surface area contributed by atoms with E-state index in [0.717, 1.165) is 106 Å². The number of aromatic nitrogens is 4. The minimum Gasteiger partial charge on any atom is -0.497 e. The van der Waals surface area contributed by atoms with Gasteiger partial charge in [0.05, 0.1) is 41.0 Å². The minimum atomic E-state index is 0.787. The summed E-state index contributed by atoms with van der Waals surface area (Å²) < 4.78 is 5.43. The first-order valence-corrected chi connectivity index (χ1v) is 19.3. The number of methoxy groups -OCH3 is 1. The van der Waals surface area contributed by atoms with Crippen LogP contribution < -0.4 is 4.74 Å². The molecule has 5 heterocycles. The minimum absolute atomic E-state index is 0.787. The number of benzene rings is 5. The van der Waals surface area contributed by atoms with Crippen LogP contribution in [0.25, 0.3) is 90.9 Å². The third-order valence-electron chi connectivity index (χ3n) is 10.5. The van der Waals surface area contributed by atoms with Crippen molar-refractivity contribution in [3.8, 4) is 62.1 Å². The normalized spacial score (nSPS) is 11.6. The number of hydrogen-bond acceptors (Lipinski definition) is 3. The highest BCUT2D eigenvalue weighted by Gasteiger charge is 2.20. The average molecular weight is 745 g/mol. The molecule has 8 bridgehead atoms. The summed E-state index contributed by atoms with van der Waals surface area (Å²) in [7, 11) is 1.67. The van der Waals surface area contributed by atoms with Crippen molar-refractivity contribution >= 4 is 46.4 Å². The first-order chi connectivity index (χ1) is 28.7. The predicted octanol–water partition coefficient (Wildman–Crippen LogP) is 12.7. The van der Waals surface area contributed by atoms with Crippen LogP contribution in [0, 0.1) is 11.8 Å². The van der Waals surface area contributed by atoms with E-state index < -0.39 is 0 Å². The molecule has 2 aliphatic rings. The molecular weight excluding hydrogens is 709 g/mol. The fourth-order valence-corrected chi connectivity index (χ4v) is 7.83. The zero-order chi connectivity index (χ0) is 38.8. The average Bonchev–Trinajstić information content (AvgIpc) is 4.12. The highest BCUT2D eigenvalue weighted by Crippen LogP contribution is 2.39. The van der Waals surface area contributed by atoms with E-state index in [4.69, 9.17) is 14.7 Å². The Balaban J connectivity index is 1.40. The lowest BCUT2D eigenvalue weighted by atomic mass is 10.0. The van der Waals surface area contributed by atoms with Gasteiger partial charge in [-0.15, -0.1) is 0 Å². The van der Waals surface area contributed by atoms with E-state index in [1.54, 1.807) is 7.11 Å². The number of H-pyrrole nitrogens is 2. The van der Waals surface area contributed by atoms with Crippen molar-refractivity contribution in [3.63, 3.8) is 0 Å². The van der Waals surface area contributed by atoms with Crippen LogP contribution in [0.4, 0.5) is 0 Å². The van der Waals surface area contributed by atoms with E-state index in [9.17, 15) is 0 Å². The fourth-order valence-electron chi connectivity index (χ4n) is 7.83. The van der Waals surface area contributed by atoms with Crippen LogP contribution >= 0.6 is 0 Å². The monoisotopic (exact) mass is 744 g/mol. The molecule has 0 aliphatic carbocycles. The number of nitrogens with zero attached hydrogens (tertiary/aromatic N) is 2. The van der Waals surface area contributed by atoms with Crippen LogP contribution in [-0.2, 0) is 0 Å². The molecule has 0 radical (unpaired) electrons. The maximum Gasteiger partial charge on any atom is 0.118 e. The van der Waals surface area contributed by atoms with Crippen molar-refractivity contribution in [2.24, 2.45) is 0 Å². The smallest absolute Gasteiger partial charge is 0.118 e. The molecule has 274 valence electrons. The molecule has 0 atom stereocenters. The van der Waals surface area contributed by atoms with Crippen molar-refractivity contribution in [2.45, 2.75) is 0 Å². The topological polar surface area (TPSA) is 66.6 Å². The lowest BCUT2D eigenvalue weighted by molar-refractivity contribution is 0.415. The maximum absolute atomic E-state index is 5.46. The summed E-state index contributed by atoms with van der Waals surface area (Å²) in [6.07, 6.45) is 8.50. The van der Waals surface area contributed by atoms with Crippen molar-refractivity contribution in [1.29, 1.82) is 0 Å². The van der Waals surface area contributed by atoms with Crippen molar-refractivity contribution in [3.05, 3.63) is 198 Å². The van der Waals surface area contributed by atoms with Gasteiger partial charge in [-0.25, -0.2) is 9.97 Å². The Bertz CT molecular complexity index is 3110. The van der Waals surface area contributed by atoms with Gasteiger partial charge in [-0.2, -0.15) is 0 Å². The van der Waals surface area contributed by atoms with Gasteiger partial charge in [0.2, 0.25) is 0 Å². The quantitative estimate of drug-likeness (QED) is 0.172. The summed E-state index contributed by atoms with van der Waals surface area (Å²) in [5, 5.41) is 0. The van der Waals surface area contributed by atoms with Gasteiger partial charge < -0.3 is 14.7 Å². The lowest BCUT2D eigenvalue weighted by Crippen LogP contribution is -1.90. The summed E-state index contributed by atoms with van der Waals surface area (Å²) >= 11 is 0. The molecule has 8 aromatic rings. The second kappa shape index (κ2) is 15.0. The highest BCUT2D eigenvalue weighted by molar-refractivity contribution is 6.01. The lowest BCUT2D eigenvalue weighted by Gasteiger charge is -2.07. The largest absolute Gasteiger partial charge is 0.497 e. The zero-order valence-electron chi connectivity index (χ0n) is 31.7. The first-order valence-electron chi connectivity index (χ1n) is 19.3. The Morgan fingerprint density at radius 2 is 0.828 bits per heavy atom. The second-order valence-electron chi connectivity index (χ2n) is 14.1. The number of ether oxygens (including phenoxy) is 1. The molecule has 3 aromatic heterocycles. The standard InChI is InChI=1S/C53H36N4O/c1-58-41-26-23-35(24-27-41)22-25-40-34-48-51(38-18-10-4-11-19-38)46-31-30-44(55-46)49(36-14-6-2-7-15-36)42-28-29-43(54-42)50(37-16-8-3-9-17-37)45-32-33-47(56-45)52(53(40)57-48)39-20-12-5-13-21-39/h2-21,23-24,26-34,54,57H,1H3. The van der Waals surface area contributed by atoms with Crippen LogP contribution in [0.15, 0.2) is 164 Å². The molecular formula is C53H36N4O. The van der Waals surface area contributed by atoms with Crippen LogP contribution in [0.3, 0.4) is 0 Å². The Morgan fingerprint density at radius 3 is 1.28 bits per heavy atom. The van der Waals surface area contributed by atoms with Gasteiger partial charge in [-0.05, 0) is 89.0 Å². The summed E-state index contributed by atoms with van der Waals surface area (Å²) in [6, 6.07) is 56.2. The molecule has 5 heteroatoms. The molecule has 5 aromatic carbocycles. The molecule has 0 amide bonds. The van der Waals surface area contributed by atoms with E-state index in [1.165, 1.54) is 0 Å². The van der Waals surface area contributed by atoms with Gasteiger partial charge in [-0.3, -0.25) is 0 Å². The zero-order valence-corrected chi connectivity index (χ0v) is 31.7. The van der Waals surface area contributed by atoms with E-state index in [1.807, 2.05) is 48.5 Å². The second-order valence-corrected chi connectivity index (χ2v) is 14.1. The maximum atomic E-state index is 5.46. The SMILES string of the molecule is COc1ccc(C#Cc2cc3[nH]c2c(-c2ccccc2)c2nc(c(-c4ccccc4)c4ccc([nH]4)c(-c4ccccc4)c4nc(c3-c3ccccc3)C=C4)C=C2)cc1. The van der Waals surface area contributed by atoms with Crippen molar-refractivity contribution < 1.29 is 4.74 Å². The number of hydrogen-bond donors (Lipinski definition) is 2. The van der Waals surface area contributed by atoms with E-state index in [0.29, 0.717) is 0 Å². The van der Waals surface area contributed by atoms with Gasteiger partial charge in [0.15, 0.2) is 0 Å². The van der Waals surface area contributed by atoms with Gasteiger partial charge >= 0.3 is 0 Å². The molecule has 0 saturated heterocycles. The summed E-state index contributed by atoms with van der Waals surface area (Å²) in [5.74, 6) is 7.80. The molecule has 5 nitrogen and oxygen atoms in total. The Morgan fingerprint density at radius 1 is 0.414 bits per heavy atom. The molecule has 10 rings (SSSR count). The predicted molar refractivity (Wildman–Crippen MR) is 240 cm³/mol. The van der Waals surface area contributed by atoms with Gasteiger partial charge in [0.25, 0.3) is 0 Å². The Kier molecular flexibility index (Phi) is 8.90. The highest BCUT2D eigenvalue weighted by atomic mass is 16.5. The van der Waals surface area contributed by atoms with E-state index in [2.05, 4.69) is 161 Å².